The van der Waals surface area contributed by atoms with Crippen LogP contribution in [0.25, 0.3) is 10.9 Å². The number of ether oxygens (including phenoxy) is 1. The molecule has 0 saturated carbocycles. The number of carbonyl (C=O) groups excluding carboxylic acids is 1. The van der Waals surface area contributed by atoms with Crippen molar-refractivity contribution in [2.75, 3.05) is 6.61 Å². The Balaban J connectivity index is 2.39. The molecule has 0 fully saturated rings. The molecule has 0 spiro atoms. The number of halogens is 2. The first kappa shape index (κ1) is 18.9. The van der Waals surface area contributed by atoms with Crippen molar-refractivity contribution in [3.63, 3.8) is 0 Å². The summed E-state index contributed by atoms with van der Waals surface area (Å²) in [6, 6.07) is 7.74. The summed E-state index contributed by atoms with van der Waals surface area (Å²) in [6.45, 7) is 3.60. The molecule has 0 aliphatic rings. The fourth-order valence-corrected chi connectivity index (χ4v) is 4.72. The Hall–Kier alpha value is -1.90. The first-order chi connectivity index (χ1) is 12.3. The van der Waals surface area contributed by atoms with Crippen LogP contribution < -0.4 is 0 Å². The summed E-state index contributed by atoms with van der Waals surface area (Å²) >= 11 is 9.50. The molecule has 0 bridgehead atoms. The van der Waals surface area contributed by atoms with Crippen molar-refractivity contribution < 1.29 is 17.9 Å². The van der Waals surface area contributed by atoms with Gasteiger partial charge in [-0.1, -0.05) is 29.3 Å². The summed E-state index contributed by atoms with van der Waals surface area (Å²) in [7, 11) is -4.10. The maximum atomic E-state index is 13.3. The van der Waals surface area contributed by atoms with Gasteiger partial charge in [0.05, 0.1) is 11.5 Å². The lowest BCUT2D eigenvalue weighted by Crippen LogP contribution is -2.20. The molecule has 0 saturated heterocycles. The molecule has 0 atom stereocenters. The van der Waals surface area contributed by atoms with Crippen LogP contribution in [0, 0.1) is 6.92 Å². The van der Waals surface area contributed by atoms with Gasteiger partial charge in [-0.25, -0.2) is 22.2 Å². The van der Waals surface area contributed by atoms with Crippen molar-refractivity contribution in [3.8, 4) is 0 Å². The highest BCUT2D eigenvalue weighted by atomic mass is 79.9. The number of hydrogen-bond acceptors (Lipinski definition) is 5. The zero-order valence-corrected chi connectivity index (χ0v) is 17.0. The van der Waals surface area contributed by atoms with Crippen LogP contribution in [0.15, 0.2) is 45.9 Å². The molecule has 136 valence electrons. The van der Waals surface area contributed by atoms with E-state index < -0.39 is 16.0 Å². The number of hydrogen-bond donors (Lipinski definition) is 0. The van der Waals surface area contributed by atoms with Gasteiger partial charge in [-0.3, -0.25) is 0 Å². The fraction of sp³-hybridized carbons (Fsp3) is 0.176. The van der Waals surface area contributed by atoms with E-state index in [1.807, 2.05) is 6.92 Å². The maximum Gasteiger partial charge on any atom is 0.356 e. The van der Waals surface area contributed by atoms with Gasteiger partial charge in [0.1, 0.15) is 11.2 Å². The van der Waals surface area contributed by atoms with Gasteiger partial charge in [0.15, 0.2) is 5.15 Å². The van der Waals surface area contributed by atoms with Crippen molar-refractivity contribution in [1.29, 1.82) is 0 Å². The minimum Gasteiger partial charge on any atom is -0.461 e. The molecule has 2 aromatic heterocycles. The average Bonchev–Trinajstić information content (AvgIpc) is 3.02. The first-order valence-corrected chi connectivity index (χ1v) is 10.2. The number of aromatic nitrogens is 2. The van der Waals surface area contributed by atoms with E-state index in [-0.39, 0.29) is 27.9 Å². The second kappa shape index (κ2) is 7.02. The number of benzene rings is 1. The molecule has 0 aliphatic heterocycles. The van der Waals surface area contributed by atoms with E-state index >= 15 is 0 Å². The van der Waals surface area contributed by atoms with E-state index in [9.17, 15) is 13.2 Å². The third kappa shape index (κ3) is 3.13. The molecule has 3 aromatic rings. The normalized spacial score (nSPS) is 11.7. The van der Waals surface area contributed by atoms with E-state index in [0.29, 0.717) is 9.86 Å². The van der Waals surface area contributed by atoms with Crippen molar-refractivity contribution in [1.82, 2.24) is 8.96 Å². The van der Waals surface area contributed by atoms with Gasteiger partial charge >= 0.3 is 5.97 Å². The standard InChI is InChI=1S/C17H14BrClN2O4S/c1-3-25-17(22)14-8-12-13(18)9-20-16(19)15(12)21(14)26(23,24)11-6-4-10(2)5-7-11/h4-9H,3H2,1-2H3. The Morgan fingerprint density at radius 3 is 2.58 bits per heavy atom. The summed E-state index contributed by atoms with van der Waals surface area (Å²) in [4.78, 5) is 16.4. The van der Waals surface area contributed by atoms with Crippen LogP contribution in [0.1, 0.15) is 23.0 Å². The summed E-state index contributed by atoms with van der Waals surface area (Å²) < 4.78 is 33.0. The molecule has 3 rings (SSSR count). The van der Waals surface area contributed by atoms with Crippen LogP contribution in [0.5, 0.6) is 0 Å². The zero-order chi connectivity index (χ0) is 19.1. The van der Waals surface area contributed by atoms with Crippen molar-refractivity contribution in [2.24, 2.45) is 0 Å². The Morgan fingerprint density at radius 2 is 1.96 bits per heavy atom. The number of pyridine rings is 1. The molecule has 0 unspecified atom stereocenters. The van der Waals surface area contributed by atoms with Crippen LogP contribution in [-0.4, -0.2) is 30.0 Å². The van der Waals surface area contributed by atoms with E-state index in [1.54, 1.807) is 19.1 Å². The minimum absolute atomic E-state index is 0.0298. The number of rotatable bonds is 4. The molecule has 6 nitrogen and oxygen atoms in total. The minimum atomic E-state index is -4.10. The Morgan fingerprint density at radius 1 is 1.31 bits per heavy atom. The van der Waals surface area contributed by atoms with Crippen LogP contribution in [0.3, 0.4) is 0 Å². The topological polar surface area (TPSA) is 78.3 Å². The lowest BCUT2D eigenvalue weighted by molar-refractivity contribution is 0.0518. The molecule has 0 amide bonds. The molecule has 0 aliphatic carbocycles. The molecule has 2 heterocycles. The predicted molar refractivity (Wildman–Crippen MR) is 102 cm³/mol. The molecule has 1 aromatic carbocycles. The summed E-state index contributed by atoms with van der Waals surface area (Å²) in [5.41, 5.74) is 0.886. The van der Waals surface area contributed by atoms with E-state index in [2.05, 4.69) is 20.9 Å². The van der Waals surface area contributed by atoms with Crippen molar-refractivity contribution >= 4 is 54.4 Å². The Bertz CT molecular complexity index is 1110. The van der Waals surface area contributed by atoms with Crippen LogP contribution in [0.2, 0.25) is 5.15 Å². The second-order valence-corrected chi connectivity index (χ2v) is 8.49. The molecular formula is C17H14BrClN2O4S. The van der Waals surface area contributed by atoms with Gasteiger partial charge in [0, 0.05) is 16.1 Å². The van der Waals surface area contributed by atoms with Crippen LogP contribution in [0.4, 0.5) is 0 Å². The summed E-state index contributed by atoms with van der Waals surface area (Å²) in [6.07, 6.45) is 1.45. The first-order valence-electron chi connectivity index (χ1n) is 7.62. The SMILES string of the molecule is CCOC(=O)c1cc2c(Br)cnc(Cl)c2n1S(=O)(=O)c1ccc(C)cc1. The lowest BCUT2D eigenvalue weighted by Gasteiger charge is -2.12. The molecule has 9 heteroatoms. The quantitative estimate of drug-likeness (QED) is 0.434. The van der Waals surface area contributed by atoms with Crippen molar-refractivity contribution in [3.05, 3.63) is 57.4 Å². The number of fused-ring (bicyclic) bond motifs is 1. The van der Waals surface area contributed by atoms with Gasteiger partial charge < -0.3 is 4.74 Å². The summed E-state index contributed by atoms with van der Waals surface area (Å²) in [5, 5.41) is 0.415. The van der Waals surface area contributed by atoms with E-state index in [1.165, 1.54) is 24.4 Å². The van der Waals surface area contributed by atoms with Gasteiger partial charge in [-0.15, -0.1) is 0 Å². The Labute approximate surface area is 163 Å². The van der Waals surface area contributed by atoms with Crippen LogP contribution >= 0.6 is 27.5 Å². The van der Waals surface area contributed by atoms with Gasteiger partial charge in [-0.2, -0.15) is 0 Å². The fourth-order valence-electron chi connectivity index (χ4n) is 2.53. The predicted octanol–water partition coefficient (Wildman–Crippen LogP) is 4.17. The monoisotopic (exact) mass is 456 g/mol. The third-order valence-corrected chi connectivity index (χ3v) is 6.38. The summed E-state index contributed by atoms with van der Waals surface area (Å²) in [5.74, 6) is -0.762. The molecule has 0 radical (unpaired) electrons. The number of esters is 1. The van der Waals surface area contributed by atoms with E-state index in [0.717, 1.165) is 9.54 Å². The highest BCUT2D eigenvalue weighted by Crippen LogP contribution is 2.34. The van der Waals surface area contributed by atoms with Gasteiger partial charge in [0.2, 0.25) is 0 Å². The second-order valence-electron chi connectivity index (χ2n) is 5.49. The van der Waals surface area contributed by atoms with Gasteiger partial charge in [-0.05, 0) is 48.0 Å². The number of nitrogens with zero attached hydrogens (tertiary/aromatic N) is 2. The molecular weight excluding hydrogens is 444 g/mol. The highest BCUT2D eigenvalue weighted by Gasteiger charge is 2.29. The molecule has 0 N–H and O–H groups in total. The van der Waals surface area contributed by atoms with Crippen LogP contribution in [-0.2, 0) is 14.8 Å². The largest absolute Gasteiger partial charge is 0.461 e. The van der Waals surface area contributed by atoms with Gasteiger partial charge in [0.25, 0.3) is 10.0 Å². The maximum absolute atomic E-state index is 13.3. The Kier molecular flexibility index (Phi) is 5.09. The molecule has 26 heavy (non-hydrogen) atoms. The zero-order valence-electron chi connectivity index (χ0n) is 13.9. The number of carbonyl (C=O) groups is 1. The van der Waals surface area contributed by atoms with Crippen molar-refractivity contribution in [2.45, 2.75) is 18.7 Å². The third-order valence-electron chi connectivity index (χ3n) is 3.75. The smallest absolute Gasteiger partial charge is 0.356 e. The highest BCUT2D eigenvalue weighted by molar-refractivity contribution is 9.10. The average molecular weight is 458 g/mol. The van der Waals surface area contributed by atoms with E-state index in [4.69, 9.17) is 16.3 Å². The number of aryl methyl sites for hydroxylation is 1. The lowest BCUT2D eigenvalue weighted by atomic mass is 10.2.